The van der Waals surface area contributed by atoms with Gasteiger partial charge < -0.3 is 5.11 Å². The van der Waals surface area contributed by atoms with E-state index in [1.165, 1.54) is 12.8 Å². The summed E-state index contributed by atoms with van der Waals surface area (Å²) in [6, 6.07) is 10.8. The summed E-state index contributed by atoms with van der Waals surface area (Å²) in [4.78, 5) is 20.6. The van der Waals surface area contributed by atoms with Crippen LogP contribution < -0.4 is 0 Å². The molecule has 3 rings (SSSR count). The molecule has 6 nitrogen and oxygen atoms in total. The first-order chi connectivity index (χ1) is 13.6. The van der Waals surface area contributed by atoms with Crippen LogP contribution in [0.5, 0.6) is 0 Å². The highest BCUT2D eigenvalue weighted by Gasteiger charge is 2.13. The van der Waals surface area contributed by atoms with Crippen molar-refractivity contribution in [2.75, 3.05) is 0 Å². The highest BCUT2D eigenvalue weighted by Crippen LogP contribution is 2.22. The maximum absolute atomic E-state index is 11.4. The lowest BCUT2D eigenvalue weighted by Crippen LogP contribution is -2.07. The molecule has 0 aliphatic carbocycles. The van der Waals surface area contributed by atoms with Crippen LogP contribution in [-0.4, -0.2) is 30.8 Å². The average Bonchev–Trinajstić information content (AvgIpc) is 3.10. The Labute approximate surface area is 165 Å². The molecule has 0 unspecified atom stereocenters. The topological polar surface area (TPSA) is 80.9 Å². The van der Waals surface area contributed by atoms with E-state index in [0.29, 0.717) is 17.7 Å². The summed E-state index contributed by atoms with van der Waals surface area (Å²) in [6.07, 6.45) is 6.72. The second kappa shape index (κ2) is 9.26. The van der Waals surface area contributed by atoms with Crippen LogP contribution in [0.15, 0.2) is 42.6 Å². The van der Waals surface area contributed by atoms with Crippen LogP contribution in [0.4, 0.5) is 0 Å². The lowest BCUT2D eigenvalue weighted by molar-refractivity contribution is 0.0697. The van der Waals surface area contributed by atoms with Crippen molar-refractivity contribution in [1.82, 2.24) is 19.7 Å². The third-order valence-corrected chi connectivity index (χ3v) is 4.70. The molecule has 0 atom stereocenters. The number of aromatic nitrogens is 4. The Morgan fingerprint density at radius 3 is 2.61 bits per heavy atom. The van der Waals surface area contributed by atoms with Crippen LogP contribution in [0.25, 0.3) is 11.3 Å². The van der Waals surface area contributed by atoms with E-state index in [9.17, 15) is 9.90 Å². The third-order valence-electron chi connectivity index (χ3n) is 4.70. The largest absolute Gasteiger partial charge is 0.478 e. The van der Waals surface area contributed by atoms with Gasteiger partial charge in [0.2, 0.25) is 0 Å². The van der Waals surface area contributed by atoms with Crippen molar-refractivity contribution in [3.63, 3.8) is 0 Å². The SMILES string of the molecule is CCCCCn1nc(CC)nc1Cc1ccc(-c2ccccc2C(=O)O)nc1. The van der Waals surface area contributed by atoms with Gasteiger partial charge in [-0.05, 0) is 24.1 Å². The first-order valence-corrected chi connectivity index (χ1v) is 9.82. The third kappa shape index (κ3) is 4.63. The smallest absolute Gasteiger partial charge is 0.336 e. The summed E-state index contributed by atoms with van der Waals surface area (Å²) in [5.74, 6) is 0.869. The number of carboxylic acid groups (broad SMARTS) is 1. The lowest BCUT2D eigenvalue weighted by atomic mass is 10.0. The van der Waals surface area contributed by atoms with E-state index in [0.717, 1.165) is 36.6 Å². The van der Waals surface area contributed by atoms with Crippen LogP contribution in [0.2, 0.25) is 0 Å². The van der Waals surface area contributed by atoms with Gasteiger partial charge in [0, 0.05) is 31.1 Å². The summed E-state index contributed by atoms with van der Waals surface area (Å²) < 4.78 is 2.02. The number of unbranched alkanes of at least 4 members (excludes halogenated alkanes) is 2. The monoisotopic (exact) mass is 378 g/mol. The number of pyridine rings is 1. The summed E-state index contributed by atoms with van der Waals surface area (Å²) >= 11 is 0. The molecule has 0 bridgehead atoms. The molecule has 0 fully saturated rings. The number of aryl methyl sites for hydroxylation is 2. The Balaban J connectivity index is 1.80. The van der Waals surface area contributed by atoms with Gasteiger partial charge in [-0.2, -0.15) is 5.10 Å². The molecule has 0 radical (unpaired) electrons. The summed E-state index contributed by atoms with van der Waals surface area (Å²) in [7, 11) is 0. The number of benzene rings is 1. The van der Waals surface area contributed by atoms with Crippen LogP contribution >= 0.6 is 0 Å². The lowest BCUT2D eigenvalue weighted by Gasteiger charge is -2.08. The van der Waals surface area contributed by atoms with Crippen molar-refractivity contribution in [2.24, 2.45) is 0 Å². The van der Waals surface area contributed by atoms with Gasteiger partial charge in [0.05, 0.1) is 11.3 Å². The molecule has 0 aliphatic heterocycles. The van der Waals surface area contributed by atoms with E-state index in [-0.39, 0.29) is 5.56 Å². The number of rotatable bonds is 9. The minimum absolute atomic E-state index is 0.256. The van der Waals surface area contributed by atoms with E-state index >= 15 is 0 Å². The highest BCUT2D eigenvalue weighted by molar-refractivity contribution is 5.95. The molecule has 2 heterocycles. The van der Waals surface area contributed by atoms with E-state index in [1.54, 1.807) is 24.4 Å². The van der Waals surface area contributed by atoms with Gasteiger partial charge in [0.15, 0.2) is 5.82 Å². The maximum atomic E-state index is 11.4. The predicted octanol–water partition coefficient (Wildman–Crippen LogP) is 4.38. The zero-order chi connectivity index (χ0) is 19.9. The van der Waals surface area contributed by atoms with Crippen molar-refractivity contribution in [1.29, 1.82) is 0 Å². The first kappa shape index (κ1) is 19.7. The molecule has 0 aliphatic rings. The Morgan fingerprint density at radius 1 is 1.11 bits per heavy atom. The number of carboxylic acids is 1. The summed E-state index contributed by atoms with van der Waals surface area (Å²) in [6.45, 7) is 5.13. The van der Waals surface area contributed by atoms with E-state index in [4.69, 9.17) is 0 Å². The van der Waals surface area contributed by atoms with E-state index < -0.39 is 5.97 Å². The van der Waals surface area contributed by atoms with E-state index in [2.05, 4.69) is 28.9 Å². The van der Waals surface area contributed by atoms with Crippen molar-refractivity contribution in [2.45, 2.75) is 52.5 Å². The quantitative estimate of drug-likeness (QED) is 0.559. The molecule has 0 amide bonds. The average molecular weight is 378 g/mol. The molecular formula is C22H26N4O2. The molecule has 1 N–H and O–H groups in total. The fourth-order valence-electron chi connectivity index (χ4n) is 3.16. The fraction of sp³-hybridized carbons (Fsp3) is 0.364. The molecule has 2 aromatic heterocycles. The number of nitrogens with zero attached hydrogens (tertiary/aromatic N) is 4. The van der Waals surface area contributed by atoms with Crippen molar-refractivity contribution in [3.8, 4) is 11.3 Å². The zero-order valence-electron chi connectivity index (χ0n) is 16.4. The molecular weight excluding hydrogens is 352 g/mol. The maximum Gasteiger partial charge on any atom is 0.336 e. The number of hydrogen-bond acceptors (Lipinski definition) is 4. The predicted molar refractivity (Wildman–Crippen MR) is 108 cm³/mol. The number of carbonyl (C=O) groups is 1. The molecule has 28 heavy (non-hydrogen) atoms. The van der Waals surface area contributed by atoms with Gasteiger partial charge in [0.25, 0.3) is 0 Å². The summed E-state index contributed by atoms with van der Waals surface area (Å²) in [5, 5.41) is 14.0. The van der Waals surface area contributed by atoms with Crippen LogP contribution in [0, 0.1) is 0 Å². The minimum Gasteiger partial charge on any atom is -0.478 e. The molecule has 146 valence electrons. The normalized spacial score (nSPS) is 10.9. The van der Waals surface area contributed by atoms with Crippen molar-refractivity contribution >= 4 is 5.97 Å². The second-order valence-electron chi connectivity index (χ2n) is 6.81. The van der Waals surface area contributed by atoms with Crippen molar-refractivity contribution < 1.29 is 9.90 Å². The Morgan fingerprint density at radius 2 is 1.93 bits per heavy atom. The summed E-state index contributed by atoms with van der Waals surface area (Å²) in [5.41, 5.74) is 2.56. The standard InChI is InChI=1S/C22H26N4O2/c1-3-5-8-13-26-21(24-20(4-2)25-26)14-16-11-12-19(23-15-16)17-9-6-7-10-18(17)22(27)28/h6-7,9-12,15H,3-5,8,13-14H2,1-2H3,(H,27,28). The van der Waals surface area contributed by atoms with Gasteiger partial charge in [0.1, 0.15) is 5.82 Å². The molecule has 0 saturated carbocycles. The van der Waals surface area contributed by atoms with Gasteiger partial charge in [-0.15, -0.1) is 0 Å². The minimum atomic E-state index is -0.950. The highest BCUT2D eigenvalue weighted by atomic mass is 16.4. The Hall–Kier alpha value is -3.02. The van der Waals surface area contributed by atoms with E-state index in [1.807, 2.05) is 22.9 Å². The zero-order valence-corrected chi connectivity index (χ0v) is 16.4. The van der Waals surface area contributed by atoms with Crippen LogP contribution in [0.1, 0.15) is 60.7 Å². The molecule has 0 spiro atoms. The Kier molecular flexibility index (Phi) is 6.53. The molecule has 6 heteroatoms. The number of aromatic carboxylic acids is 1. The molecule has 3 aromatic rings. The molecule has 1 aromatic carbocycles. The van der Waals surface area contributed by atoms with Gasteiger partial charge >= 0.3 is 5.97 Å². The van der Waals surface area contributed by atoms with Crippen molar-refractivity contribution in [3.05, 3.63) is 65.4 Å². The second-order valence-corrected chi connectivity index (χ2v) is 6.81. The van der Waals surface area contributed by atoms with Crippen LogP contribution in [-0.2, 0) is 19.4 Å². The Bertz CT molecular complexity index is 932. The number of hydrogen-bond donors (Lipinski definition) is 1. The van der Waals surface area contributed by atoms with Gasteiger partial charge in [-0.3, -0.25) is 4.98 Å². The molecule has 0 saturated heterocycles. The van der Waals surface area contributed by atoms with Crippen LogP contribution in [0.3, 0.4) is 0 Å². The fourth-order valence-corrected chi connectivity index (χ4v) is 3.16. The van der Waals surface area contributed by atoms with Gasteiger partial charge in [-0.1, -0.05) is 51.0 Å². The van der Waals surface area contributed by atoms with Gasteiger partial charge in [-0.25, -0.2) is 14.5 Å². The first-order valence-electron chi connectivity index (χ1n) is 9.82.